The molecule has 0 aliphatic heterocycles. The summed E-state index contributed by atoms with van der Waals surface area (Å²) in [6.07, 6.45) is 0.0307. The van der Waals surface area contributed by atoms with Crippen LogP contribution >= 0.6 is 0 Å². The number of hydrogen-bond donors (Lipinski definition) is 1. The number of esters is 1. The van der Waals surface area contributed by atoms with Crippen LogP contribution in [0.4, 0.5) is 4.79 Å². The highest BCUT2D eigenvalue weighted by Gasteiger charge is 2.13. The second-order valence-corrected chi connectivity index (χ2v) is 5.65. The smallest absolute Gasteiger partial charge is 0.456 e. The van der Waals surface area contributed by atoms with Gasteiger partial charge in [0.1, 0.15) is 12.3 Å². The van der Waals surface area contributed by atoms with Crippen LogP contribution in [0.3, 0.4) is 0 Å². The van der Waals surface area contributed by atoms with E-state index in [4.69, 9.17) is 9.47 Å². The van der Waals surface area contributed by atoms with Crippen LogP contribution in [0.25, 0.3) is 0 Å². The number of hydrogen-bond acceptors (Lipinski definition) is 10. The van der Waals surface area contributed by atoms with Crippen LogP contribution in [0.15, 0.2) is 37.9 Å². The molecule has 0 atom stereocenters. The first-order valence-corrected chi connectivity index (χ1v) is 8.40. The Kier molecular flexibility index (Phi) is 7.77. The Bertz CT molecular complexity index is 917. The van der Waals surface area contributed by atoms with Gasteiger partial charge < -0.3 is 28.5 Å². The van der Waals surface area contributed by atoms with Gasteiger partial charge in [0.25, 0.3) is 5.09 Å². The number of amides is 1. The summed E-state index contributed by atoms with van der Waals surface area (Å²) in [6.45, 7) is 0.669. The van der Waals surface area contributed by atoms with E-state index in [1.807, 2.05) is 0 Å². The summed E-state index contributed by atoms with van der Waals surface area (Å²) in [5.41, 5.74) is 0.790. The average Bonchev–Trinajstić information content (AvgIpc) is 2.99. The van der Waals surface area contributed by atoms with Crippen molar-refractivity contribution in [2.45, 2.75) is 26.4 Å². The summed E-state index contributed by atoms with van der Waals surface area (Å²) in [5, 5.41) is 11.5. The molecule has 1 aromatic carbocycles. The van der Waals surface area contributed by atoms with E-state index in [0.717, 1.165) is 5.56 Å². The van der Waals surface area contributed by atoms with Crippen molar-refractivity contribution in [1.29, 1.82) is 0 Å². The van der Waals surface area contributed by atoms with Gasteiger partial charge in [0.05, 0.1) is 6.61 Å². The fourth-order valence-electron chi connectivity index (χ4n) is 2.17. The minimum Gasteiger partial charge on any atom is -0.456 e. The summed E-state index contributed by atoms with van der Waals surface area (Å²) in [5.74, 6) is -1.17. The molecule has 1 amide bonds. The number of nitrogens with zero attached hydrogens (tertiary/aromatic N) is 1. The maximum absolute atomic E-state index is 11.8. The normalized spacial score (nSPS) is 10.2. The maximum Gasteiger partial charge on any atom is 0.519 e. The highest BCUT2D eigenvalue weighted by Crippen LogP contribution is 2.15. The summed E-state index contributed by atoms with van der Waals surface area (Å²) >= 11 is 0. The molecule has 0 saturated heterocycles. The van der Waals surface area contributed by atoms with Crippen molar-refractivity contribution in [3.63, 3.8) is 0 Å². The molecule has 29 heavy (non-hydrogen) atoms. The van der Waals surface area contributed by atoms with Gasteiger partial charge >= 0.3 is 17.9 Å². The Morgan fingerprint density at radius 2 is 2.07 bits per heavy atom. The lowest BCUT2D eigenvalue weighted by molar-refractivity contribution is -0.757. The predicted molar refractivity (Wildman–Crippen MR) is 93.5 cm³/mol. The third kappa shape index (κ3) is 7.74. The predicted octanol–water partition coefficient (Wildman–Crippen LogP) is 1.51. The third-order valence-electron chi connectivity index (χ3n) is 3.49. The van der Waals surface area contributed by atoms with Crippen molar-refractivity contribution in [1.82, 2.24) is 5.32 Å². The highest BCUT2D eigenvalue weighted by atomic mass is 16.9. The summed E-state index contributed by atoms with van der Waals surface area (Å²) in [6, 6.07) is 6.55. The molecule has 12 heteroatoms. The minimum atomic E-state index is -0.900. The van der Waals surface area contributed by atoms with Crippen molar-refractivity contribution < 1.29 is 37.8 Å². The summed E-state index contributed by atoms with van der Waals surface area (Å²) in [7, 11) is 0. The number of rotatable bonds is 10. The van der Waals surface area contributed by atoms with E-state index < -0.39 is 29.5 Å². The van der Waals surface area contributed by atoms with Crippen LogP contribution in [-0.2, 0) is 27.4 Å². The highest BCUT2D eigenvalue weighted by molar-refractivity contribution is 5.78. The number of benzene rings is 1. The van der Waals surface area contributed by atoms with Crippen LogP contribution < -0.4 is 15.9 Å². The Morgan fingerprint density at radius 3 is 2.76 bits per heavy atom. The molecule has 12 nitrogen and oxygen atoms in total. The van der Waals surface area contributed by atoms with Crippen LogP contribution in [0.2, 0.25) is 0 Å². The standard InChI is InChI=1S/C17H18N2O10/c1-11-14(29-17(22)27-11)10-25-15(20)9-18-16(21)28-13-6-2-4-12(8-13)5-3-7-26-19(23)24/h2,4,6,8H,3,5,7,9-10H2,1H3,(H,18,21). The van der Waals surface area contributed by atoms with Gasteiger partial charge in [0, 0.05) is 0 Å². The van der Waals surface area contributed by atoms with Crippen molar-refractivity contribution in [3.05, 3.63) is 62.1 Å². The lowest BCUT2D eigenvalue weighted by Crippen LogP contribution is -2.32. The number of carbonyl (C=O) groups excluding carboxylic acids is 2. The molecule has 0 radical (unpaired) electrons. The van der Waals surface area contributed by atoms with Crippen molar-refractivity contribution >= 4 is 12.1 Å². The van der Waals surface area contributed by atoms with E-state index in [1.165, 1.54) is 6.92 Å². The minimum absolute atomic E-state index is 0.0393. The number of ether oxygens (including phenoxy) is 2. The average molecular weight is 410 g/mol. The molecule has 1 aromatic heterocycles. The number of aryl methyl sites for hydroxylation is 2. The Hall–Kier alpha value is -3.83. The molecule has 0 aliphatic carbocycles. The monoisotopic (exact) mass is 410 g/mol. The maximum atomic E-state index is 11.8. The van der Waals surface area contributed by atoms with Gasteiger partial charge in [-0.2, -0.15) is 0 Å². The second kappa shape index (κ2) is 10.5. The first-order valence-electron chi connectivity index (χ1n) is 8.40. The van der Waals surface area contributed by atoms with E-state index in [9.17, 15) is 24.5 Å². The molecular formula is C17H18N2O10. The molecule has 0 unspecified atom stereocenters. The van der Waals surface area contributed by atoms with E-state index in [-0.39, 0.29) is 30.5 Å². The molecule has 2 rings (SSSR count). The summed E-state index contributed by atoms with van der Waals surface area (Å²) < 4.78 is 19.2. The van der Waals surface area contributed by atoms with Crippen LogP contribution in [-0.4, -0.2) is 30.3 Å². The first kappa shape index (κ1) is 21.5. The molecule has 0 spiro atoms. The Balaban J connectivity index is 1.72. The largest absolute Gasteiger partial charge is 0.519 e. The van der Waals surface area contributed by atoms with Gasteiger partial charge in [0.15, 0.2) is 18.1 Å². The fraction of sp³-hybridized carbons (Fsp3) is 0.353. The van der Waals surface area contributed by atoms with Crippen molar-refractivity contribution in [3.8, 4) is 5.75 Å². The lowest BCUT2D eigenvalue weighted by Gasteiger charge is -2.08. The van der Waals surface area contributed by atoms with Gasteiger partial charge in [-0.3, -0.25) is 4.79 Å². The lowest BCUT2D eigenvalue weighted by atomic mass is 10.1. The van der Waals surface area contributed by atoms with E-state index in [0.29, 0.717) is 12.8 Å². The first-order chi connectivity index (χ1) is 13.8. The van der Waals surface area contributed by atoms with E-state index in [1.54, 1.807) is 24.3 Å². The fourth-order valence-corrected chi connectivity index (χ4v) is 2.17. The molecule has 0 aliphatic rings. The molecule has 1 N–H and O–H groups in total. The third-order valence-corrected chi connectivity index (χ3v) is 3.49. The van der Waals surface area contributed by atoms with Gasteiger partial charge in [0.2, 0.25) is 0 Å². The van der Waals surface area contributed by atoms with E-state index >= 15 is 0 Å². The van der Waals surface area contributed by atoms with Crippen LogP contribution in [0.5, 0.6) is 5.75 Å². The zero-order valence-corrected chi connectivity index (χ0v) is 15.4. The summed E-state index contributed by atoms with van der Waals surface area (Å²) in [4.78, 5) is 48.6. The molecule has 0 saturated carbocycles. The van der Waals surface area contributed by atoms with Crippen LogP contribution in [0.1, 0.15) is 23.5 Å². The molecular weight excluding hydrogens is 392 g/mol. The van der Waals surface area contributed by atoms with Gasteiger partial charge in [-0.25, -0.2) is 9.59 Å². The zero-order valence-electron chi connectivity index (χ0n) is 15.4. The van der Waals surface area contributed by atoms with Gasteiger partial charge in [-0.1, -0.05) is 12.1 Å². The quantitative estimate of drug-likeness (QED) is 0.263. The molecule has 156 valence electrons. The molecule has 1 heterocycles. The SMILES string of the molecule is Cc1oc(=O)oc1COC(=O)CNC(=O)Oc1cccc(CCCO[N+](=O)[O-])c1. The Morgan fingerprint density at radius 1 is 1.28 bits per heavy atom. The molecule has 0 fully saturated rings. The topological polar surface area (TPSA) is 160 Å². The molecule has 2 aromatic rings. The molecule has 0 bridgehead atoms. The zero-order chi connectivity index (χ0) is 21.2. The van der Waals surface area contributed by atoms with E-state index in [2.05, 4.69) is 19.0 Å². The number of nitrogens with one attached hydrogen (secondary N) is 1. The van der Waals surface area contributed by atoms with Gasteiger partial charge in [-0.05, 0) is 37.5 Å². The number of carbonyl (C=O) groups is 2. The van der Waals surface area contributed by atoms with Crippen LogP contribution in [0, 0.1) is 17.0 Å². The van der Waals surface area contributed by atoms with Gasteiger partial charge in [-0.15, -0.1) is 10.1 Å². The van der Waals surface area contributed by atoms with Crippen molar-refractivity contribution in [2.75, 3.05) is 13.2 Å². The second-order valence-electron chi connectivity index (χ2n) is 5.65. The Labute approximate surface area is 163 Å². The van der Waals surface area contributed by atoms with Crippen molar-refractivity contribution in [2.24, 2.45) is 0 Å².